The quantitative estimate of drug-likeness (QED) is 0.530. The maximum atomic E-state index is 13.3. The van der Waals surface area contributed by atoms with E-state index < -0.39 is 29.9 Å². The van der Waals surface area contributed by atoms with Gasteiger partial charge in [-0.25, -0.2) is 4.79 Å². The Hall–Kier alpha value is -4.53. The van der Waals surface area contributed by atoms with Crippen LogP contribution in [0.5, 0.6) is 23.0 Å². The highest BCUT2D eigenvalue weighted by Gasteiger charge is 2.49. The Bertz CT molecular complexity index is 1300. The number of imide groups is 1. The number of ether oxygens (including phenoxy) is 3. The van der Waals surface area contributed by atoms with Crippen LogP contribution in [0.1, 0.15) is 12.5 Å². The molecule has 3 aromatic carbocycles. The van der Waals surface area contributed by atoms with Gasteiger partial charge in [-0.15, -0.1) is 0 Å². The van der Waals surface area contributed by atoms with E-state index in [4.69, 9.17) is 14.2 Å². The number of carbonyl (C=O) groups excluding carboxylic acids is 3. The van der Waals surface area contributed by atoms with E-state index in [1.54, 1.807) is 61.5 Å². The first-order chi connectivity index (χ1) is 16.9. The van der Waals surface area contributed by atoms with E-state index in [9.17, 15) is 14.4 Å². The number of nitrogens with one attached hydrogen (secondary N) is 2. The molecule has 0 bridgehead atoms. The van der Waals surface area contributed by atoms with Crippen molar-refractivity contribution < 1.29 is 28.6 Å². The summed E-state index contributed by atoms with van der Waals surface area (Å²) < 4.78 is 17.0. The summed E-state index contributed by atoms with van der Waals surface area (Å²) in [6.45, 7) is 1.99. The van der Waals surface area contributed by atoms with Crippen LogP contribution < -0.4 is 24.8 Å². The van der Waals surface area contributed by atoms with Gasteiger partial charge in [-0.05, 0) is 48.9 Å². The van der Waals surface area contributed by atoms with Crippen molar-refractivity contribution in [1.29, 1.82) is 0 Å². The summed E-state index contributed by atoms with van der Waals surface area (Å²) in [6.07, 6.45) is 0. The fourth-order valence-corrected chi connectivity index (χ4v) is 4.00. The molecule has 9 heteroatoms. The Morgan fingerprint density at radius 1 is 1.00 bits per heavy atom. The molecule has 3 aromatic rings. The van der Waals surface area contributed by atoms with Crippen LogP contribution in [0, 0.1) is 0 Å². The van der Waals surface area contributed by atoms with Crippen LogP contribution in [-0.4, -0.2) is 42.5 Å². The van der Waals surface area contributed by atoms with Gasteiger partial charge >= 0.3 is 6.03 Å². The van der Waals surface area contributed by atoms with Crippen molar-refractivity contribution >= 4 is 23.5 Å². The molecule has 178 valence electrons. The molecule has 0 saturated carbocycles. The van der Waals surface area contributed by atoms with Crippen molar-refractivity contribution in [3.63, 3.8) is 0 Å². The number of anilines is 1. The molecule has 2 aliphatic heterocycles. The highest BCUT2D eigenvalue weighted by molar-refractivity contribution is 6.10. The van der Waals surface area contributed by atoms with Crippen LogP contribution in [0.25, 0.3) is 0 Å². The number of hydrogen-bond acceptors (Lipinski definition) is 6. The minimum Gasteiger partial charge on any atom is -0.486 e. The Kier molecular flexibility index (Phi) is 5.74. The summed E-state index contributed by atoms with van der Waals surface area (Å²) in [5.41, 5.74) is -0.394. The van der Waals surface area contributed by atoms with Crippen LogP contribution >= 0.6 is 0 Å². The lowest BCUT2D eigenvalue weighted by Crippen LogP contribution is -2.42. The van der Waals surface area contributed by atoms with Gasteiger partial charge in [-0.1, -0.05) is 36.4 Å². The topological polar surface area (TPSA) is 106 Å². The highest BCUT2D eigenvalue weighted by atomic mass is 16.6. The van der Waals surface area contributed by atoms with E-state index in [1.165, 1.54) is 0 Å². The van der Waals surface area contributed by atoms with Crippen molar-refractivity contribution in [3.05, 3.63) is 78.4 Å². The summed E-state index contributed by atoms with van der Waals surface area (Å²) in [4.78, 5) is 39.7. The van der Waals surface area contributed by atoms with Crippen molar-refractivity contribution in [2.75, 3.05) is 25.1 Å². The third kappa shape index (κ3) is 4.35. The van der Waals surface area contributed by atoms with Gasteiger partial charge in [0, 0.05) is 0 Å². The molecule has 1 saturated heterocycles. The molecule has 1 fully saturated rings. The molecule has 1 unspecified atom stereocenters. The number of para-hydroxylation sites is 3. The maximum absolute atomic E-state index is 13.3. The monoisotopic (exact) mass is 473 g/mol. The molecule has 2 N–H and O–H groups in total. The summed E-state index contributed by atoms with van der Waals surface area (Å²) in [5.74, 6) is 1.05. The van der Waals surface area contributed by atoms with Crippen LogP contribution in [0.4, 0.5) is 10.5 Å². The van der Waals surface area contributed by atoms with Gasteiger partial charge < -0.3 is 24.8 Å². The van der Waals surface area contributed by atoms with Gasteiger partial charge in [0.05, 0.1) is 5.69 Å². The Morgan fingerprint density at radius 3 is 2.51 bits per heavy atom. The summed E-state index contributed by atoms with van der Waals surface area (Å²) in [5, 5.41) is 5.44. The first-order valence-corrected chi connectivity index (χ1v) is 11.1. The maximum Gasteiger partial charge on any atom is 0.325 e. The van der Waals surface area contributed by atoms with Crippen LogP contribution in [0.3, 0.4) is 0 Å². The third-order valence-electron chi connectivity index (χ3n) is 5.83. The number of urea groups is 1. The molecule has 2 heterocycles. The standard InChI is InChI=1S/C26H23N3O6/c1-26(17-11-12-21-22(15-17)34-14-13-33-21)24(31)29(25(32)28-26)16-23(30)27-19-9-5-6-10-20(19)35-18-7-3-2-4-8-18/h2-12,15H,13-14,16H2,1H3,(H,27,30)(H,28,32). The molecule has 0 radical (unpaired) electrons. The second-order valence-electron chi connectivity index (χ2n) is 8.26. The molecule has 35 heavy (non-hydrogen) atoms. The number of hydrogen-bond donors (Lipinski definition) is 2. The average Bonchev–Trinajstić information content (AvgIpc) is 3.09. The van der Waals surface area contributed by atoms with Gasteiger partial charge in [0.1, 0.15) is 31.0 Å². The molecule has 5 rings (SSSR count). The predicted octanol–water partition coefficient (Wildman–Crippen LogP) is 3.66. The Balaban J connectivity index is 1.30. The van der Waals surface area contributed by atoms with Gasteiger partial charge in [-0.2, -0.15) is 0 Å². The highest BCUT2D eigenvalue weighted by Crippen LogP contribution is 2.37. The second-order valence-corrected chi connectivity index (χ2v) is 8.26. The number of rotatable bonds is 6. The molecular weight excluding hydrogens is 450 g/mol. The second kappa shape index (κ2) is 9.02. The molecule has 0 aliphatic carbocycles. The first-order valence-electron chi connectivity index (χ1n) is 11.1. The third-order valence-corrected chi connectivity index (χ3v) is 5.83. The summed E-state index contributed by atoms with van der Waals surface area (Å²) >= 11 is 0. The minimum atomic E-state index is -1.35. The zero-order chi connectivity index (χ0) is 24.4. The van der Waals surface area contributed by atoms with E-state index in [1.807, 2.05) is 18.2 Å². The lowest BCUT2D eigenvalue weighted by molar-refractivity contribution is -0.133. The largest absolute Gasteiger partial charge is 0.486 e. The van der Waals surface area contributed by atoms with Gasteiger partial charge in [0.15, 0.2) is 17.2 Å². The van der Waals surface area contributed by atoms with E-state index in [2.05, 4.69) is 10.6 Å². The van der Waals surface area contributed by atoms with Gasteiger partial charge in [0.2, 0.25) is 5.91 Å². The smallest absolute Gasteiger partial charge is 0.325 e. The number of amides is 4. The molecule has 0 aromatic heterocycles. The van der Waals surface area contributed by atoms with E-state index >= 15 is 0 Å². The lowest BCUT2D eigenvalue weighted by Gasteiger charge is -2.25. The first kappa shape index (κ1) is 22.3. The fraction of sp³-hybridized carbons (Fsp3) is 0.192. The van der Waals surface area contributed by atoms with Crippen LogP contribution in [0.15, 0.2) is 72.8 Å². The normalized spacial score (nSPS) is 18.7. The van der Waals surface area contributed by atoms with Crippen molar-refractivity contribution in [1.82, 2.24) is 10.2 Å². The van der Waals surface area contributed by atoms with Gasteiger partial charge in [0.25, 0.3) is 5.91 Å². The Labute approximate surface area is 201 Å². The predicted molar refractivity (Wildman–Crippen MR) is 127 cm³/mol. The van der Waals surface area contributed by atoms with E-state index in [0.29, 0.717) is 47.5 Å². The number of nitrogens with zero attached hydrogens (tertiary/aromatic N) is 1. The zero-order valence-corrected chi connectivity index (χ0v) is 18.9. The van der Waals surface area contributed by atoms with E-state index in [-0.39, 0.29) is 0 Å². The van der Waals surface area contributed by atoms with Crippen LogP contribution in [0.2, 0.25) is 0 Å². The number of benzene rings is 3. The minimum absolute atomic E-state index is 0.398. The SMILES string of the molecule is CC1(c2ccc3c(c2)OCCO3)NC(=O)N(CC(=O)Nc2ccccc2Oc2ccccc2)C1=O. The molecule has 2 aliphatic rings. The lowest BCUT2D eigenvalue weighted by atomic mass is 9.91. The molecular formula is C26H23N3O6. The Morgan fingerprint density at radius 2 is 1.71 bits per heavy atom. The van der Waals surface area contributed by atoms with Crippen molar-refractivity contribution in [3.8, 4) is 23.0 Å². The molecule has 4 amide bonds. The molecule has 9 nitrogen and oxygen atoms in total. The molecule has 0 spiro atoms. The summed E-state index contributed by atoms with van der Waals surface area (Å²) in [7, 11) is 0. The number of carbonyl (C=O) groups is 3. The van der Waals surface area contributed by atoms with E-state index in [0.717, 1.165) is 4.90 Å². The zero-order valence-electron chi connectivity index (χ0n) is 18.9. The average molecular weight is 473 g/mol. The van der Waals surface area contributed by atoms with Gasteiger partial charge in [-0.3, -0.25) is 14.5 Å². The fourth-order valence-electron chi connectivity index (χ4n) is 4.00. The van der Waals surface area contributed by atoms with Crippen LogP contribution in [-0.2, 0) is 15.1 Å². The molecule has 1 atom stereocenters. The summed E-state index contributed by atoms with van der Waals surface area (Å²) in [6, 6.07) is 20.5. The van der Waals surface area contributed by atoms with Crippen molar-refractivity contribution in [2.24, 2.45) is 0 Å². The number of fused-ring (bicyclic) bond motifs is 1. The van der Waals surface area contributed by atoms with Crippen molar-refractivity contribution in [2.45, 2.75) is 12.5 Å².